The van der Waals surface area contributed by atoms with Crippen LogP contribution < -0.4 is 0 Å². The number of carbonyl (C=O) groups is 2. The van der Waals surface area contributed by atoms with Gasteiger partial charge in [-0.15, -0.1) is 0 Å². The van der Waals surface area contributed by atoms with E-state index in [0.29, 0.717) is 19.3 Å². The second-order valence-corrected chi connectivity index (χ2v) is 17.1. The molecule has 380 valence electrons. The Morgan fingerprint density at radius 3 is 1.38 bits per heavy atom. The maximum atomic E-state index is 12.8. The summed E-state index contributed by atoms with van der Waals surface area (Å²) in [6.45, 7) is 2.84. The van der Waals surface area contributed by atoms with E-state index in [0.717, 1.165) is 57.8 Å². The molecule has 14 nitrogen and oxygen atoms in total. The average molecular weight is 971 g/mol. The van der Waals surface area contributed by atoms with Gasteiger partial charge in [0.05, 0.1) is 12.7 Å². The normalized spacial score (nSPS) is 22.8. The van der Waals surface area contributed by atoms with Crippen molar-refractivity contribution >= 4 is 19.8 Å². The number of ether oxygens (including phenoxy) is 2. The van der Waals surface area contributed by atoms with Gasteiger partial charge in [-0.25, -0.2) is 4.57 Å². The second kappa shape index (κ2) is 40.6. The van der Waals surface area contributed by atoms with E-state index in [-0.39, 0.29) is 19.3 Å². The zero-order valence-electron chi connectivity index (χ0n) is 39.9. The number of rotatable bonds is 36. The van der Waals surface area contributed by atoms with Gasteiger partial charge < -0.3 is 45.0 Å². The number of phosphoric acid groups is 1. The molecule has 4 unspecified atom stereocenters. The van der Waals surface area contributed by atoms with E-state index in [2.05, 4.69) is 98.9 Å². The predicted molar refractivity (Wildman–Crippen MR) is 268 cm³/mol. The van der Waals surface area contributed by atoms with Crippen LogP contribution >= 0.6 is 7.82 Å². The van der Waals surface area contributed by atoms with Crippen LogP contribution in [0.2, 0.25) is 0 Å². The number of hydrogen-bond donors (Lipinski definition) is 7. The van der Waals surface area contributed by atoms with Crippen molar-refractivity contribution in [2.24, 2.45) is 0 Å². The summed E-state index contributed by atoms with van der Waals surface area (Å²) in [5.41, 5.74) is 0. The zero-order valence-corrected chi connectivity index (χ0v) is 40.8. The number of phosphoric ester groups is 1. The summed E-state index contributed by atoms with van der Waals surface area (Å²) in [7, 11) is -5.19. The third-order valence-corrected chi connectivity index (χ3v) is 10.8. The molecular formula is C53H79O14P. The second-order valence-electron chi connectivity index (χ2n) is 15.7. The first-order valence-corrected chi connectivity index (χ1v) is 25.2. The summed E-state index contributed by atoms with van der Waals surface area (Å²) in [4.78, 5) is 35.7. The fourth-order valence-electron chi connectivity index (χ4n) is 6.01. The minimum Gasteiger partial charge on any atom is -0.462 e. The van der Waals surface area contributed by atoms with Crippen LogP contribution in [0.25, 0.3) is 0 Å². The Balaban J connectivity index is 2.61. The van der Waals surface area contributed by atoms with Crippen LogP contribution in [0.3, 0.4) is 0 Å². The Hall–Kier alpha value is -4.31. The van der Waals surface area contributed by atoms with Crippen LogP contribution in [0, 0.1) is 0 Å². The van der Waals surface area contributed by atoms with Crippen molar-refractivity contribution < 1.29 is 68.2 Å². The van der Waals surface area contributed by atoms with Gasteiger partial charge in [0.2, 0.25) is 0 Å². The fourth-order valence-corrected chi connectivity index (χ4v) is 6.98. The number of carbonyl (C=O) groups excluding carboxylic acids is 2. The van der Waals surface area contributed by atoms with E-state index in [1.54, 1.807) is 30.4 Å². The average Bonchev–Trinajstić information content (AvgIpc) is 3.32. The first kappa shape index (κ1) is 61.7. The van der Waals surface area contributed by atoms with Crippen molar-refractivity contribution in [2.75, 3.05) is 13.2 Å². The lowest BCUT2D eigenvalue weighted by molar-refractivity contribution is -0.220. The zero-order chi connectivity index (χ0) is 50.1. The number of aliphatic hydroxyl groups excluding tert-OH is 6. The predicted octanol–water partition coefficient (Wildman–Crippen LogP) is 8.69. The molecule has 1 aliphatic carbocycles. The van der Waals surface area contributed by atoms with Crippen molar-refractivity contribution in [2.45, 2.75) is 159 Å². The molecule has 0 heterocycles. The minimum atomic E-state index is -5.19. The van der Waals surface area contributed by atoms with E-state index in [4.69, 9.17) is 18.5 Å². The number of hydrogen-bond acceptors (Lipinski definition) is 13. The minimum absolute atomic E-state index is 0.0653. The molecule has 0 aromatic carbocycles. The molecule has 68 heavy (non-hydrogen) atoms. The van der Waals surface area contributed by atoms with Crippen LogP contribution in [-0.2, 0) is 32.7 Å². The van der Waals surface area contributed by atoms with Gasteiger partial charge in [0.1, 0.15) is 43.2 Å². The number of aliphatic hydroxyl groups is 6. The molecule has 7 N–H and O–H groups in total. The molecule has 9 atom stereocenters. The summed E-state index contributed by atoms with van der Waals surface area (Å²) in [6, 6.07) is 0. The van der Waals surface area contributed by atoms with Crippen molar-refractivity contribution in [1.29, 1.82) is 0 Å². The third-order valence-electron chi connectivity index (χ3n) is 9.78. The van der Waals surface area contributed by atoms with Gasteiger partial charge in [-0.05, 0) is 83.5 Å². The summed E-state index contributed by atoms with van der Waals surface area (Å²) < 4.78 is 33.3. The molecule has 1 saturated carbocycles. The maximum Gasteiger partial charge on any atom is 0.472 e. The van der Waals surface area contributed by atoms with Gasteiger partial charge in [0.15, 0.2) is 6.10 Å². The molecule has 1 fully saturated rings. The van der Waals surface area contributed by atoms with E-state index in [1.165, 1.54) is 0 Å². The molecule has 0 bridgehead atoms. The van der Waals surface area contributed by atoms with E-state index < -0.39 is 81.8 Å². The van der Waals surface area contributed by atoms with Crippen molar-refractivity contribution in [3.8, 4) is 0 Å². The highest BCUT2D eigenvalue weighted by atomic mass is 31.2. The lowest BCUT2D eigenvalue weighted by Gasteiger charge is -2.41. The topological polar surface area (TPSA) is 230 Å². The SMILES string of the molecule is CC/C=C\C/C=C\C/C=C\C/C=C\C=C/C(O)C/C=C\CCC(=O)OC[C@H](COP(=O)(O)OC1[C@H](O)[C@H](O)C(O)[C@H](O)[C@H]1O)OC(=O)CC/C=C\C/C=C\C/C=C\C/C=C\C/C=C\C/C=C\CC. The molecule has 0 aromatic rings. The standard InChI is InChI=1S/C53H79O14P/c1-3-5-7-9-11-13-15-17-18-19-20-21-22-24-26-28-30-32-36-41-47(56)66-45(43-65-68(62,63)67-53-51(60)49(58)48(57)50(59)52(53)61)42-64-46(55)40-37-33-35-39-44(54)38-34-31-29-27-25-23-16-14-12-10-8-6-4-2/h5-8,11-14,17-18,20-21,23-26,29-35,38,44-45,48-54,57-61H,3-4,9-10,15-16,19,22,27-28,36-37,39-43H2,1-2H3,(H,62,63)/b7-5-,8-6-,13-11-,14-12-,18-17-,21-20-,25-23-,26-24-,31-29-,32-30-,35-33-,38-34-/t44?,45-,48?,49-,50+,51-,52-,53?/m1/s1. The van der Waals surface area contributed by atoms with Gasteiger partial charge in [-0.1, -0.05) is 160 Å². The Morgan fingerprint density at radius 1 is 0.515 bits per heavy atom. The molecule has 15 heteroatoms. The van der Waals surface area contributed by atoms with E-state index in [9.17, 15) is 49.7 Å². The molecule has 0 spiro atoms. The van der Waals surface area contributed by atoms with Crippen LogP contribution in [0.5, 0.6) is 0 Å². The van der Waals surface area contributed by atoms with Crippen LogP contribution in [0.15, 0.2) is 146 Å². The molecule has 0 amide bonds. The number of esters is 2. The molecule has 0 aliphatic heterocycles. The Labute approximate surface area is 404 Å². The van der Waals surface area contributed by atoms with E-state index in [1.807, 2.05) is 30.4 Å². The first-order chi connectivity index (χ1) is 32.8. The Bertz CT molecular complexity index is 1750. The molecule has 0 aromatic heterocycles. The van der Waals surface area contributed by atoms with Crippen molar-refractivity contribution in [3.63, 3.8) is 0 Å². The molecular weight excluding hydrogens is 892 g/mol. The summed E-state index contributed by atoms with van der Waals surface area (Å²) >= 11 is 0. The van der Waals surface area contributed by atoms with Crippen LogP contribution in [0.4, 0.5) is 0 Å². The summed E-state index contributed by atoms with van der Waals surface area (Å²) in [5.74, 6) is -1.40. The highest BCUT2D eigenvalue weighted by Crippen LogP contribution is 2.47. The molecule has 1 aliphatic rings. The van der Waals surface area contributed by atoms with Crippen molar-refractivity contribution in [1.82, 2.24) is 0 Å². The summed E-state index contributed by atoms with van der Waals surface area (Å²) in [5, 5.41) is 60.4. The molecule has 0 saturated heterocycles. The molecule has 0 radical (unpaired) electrons. The lowest BCUT2D eigenvalue weighted by Crippen LogP contribution is -2.64. The smallest absolute Gasteiger partial charge is 0.462 e. The fraction of sp³-hybridized carbons (Fsp3) is 0.509. The van der Waals surface area contributed by atoms with E-state index >= 15 is 0 Å². The van der Waals surface area contributed by atoms with Gasteiger partial charge in [-0.3, -0.25) is 18.6 Å². The van der Waals surface area contributed by atoms with Gasteiger partial charge >= 0.3 is 19.8 Å². The highest BCUT2D eigenvalue weighted by molar-refractivity contribution is 7.47. The maximum absolute atomic E-state index is 12.8. The highest BCUT2D eigenvalue weighted by Gasteiger charge is 2.51. The molecule has 1 rings (SSSR count). The van der Waals surface area contributed by atoms with Crippen LogP contribution in [-0.4, -0.2) is 110 Å². The van der Waals surface area contributed by atoms with Gasteiger partial charge in [0.25, 0.3) is 0 Å². The quantitative estimate of drug-likeness (QED) is 0.0135. The first-order valence-electron chi connectivity index (χ1n) is 23.7. The largest absolute Gasteiger partial charge is 0.472 e. The summed E-state index contributed by atoms with van der Waals surface area (Å²) in [6.07, 6.45) is 43.6. The van der Waals surface area contributed by atoms with Crippen LogP contribution in [0.1, 0.15) is 110 Å². The third kappa shape index (κ3) is 32.4. The van der Waals surface area contributed by atoms with Gasteiger partial charge in [0, 0.05) is 12.8 Å². The monoisotopic (exact) mass is 971 g/mol. The lowest BCUT2D eigenvalue weighted by atomic mass is 9.85. The Morgan fingerprint density at radius 2 is 0.912 bits per heavy atom. The van der Waals surface area contributed by atoms with Gasteiger partial charge in [-0.2, -0.15) is 0 Å². The Kier molecular flexibility index (Phi) is 36.8. The number of allylic oxidation sites excluding steroid dienone is 22. The van der Waals surface area contributed by atoms with Crippen molar-refractivity contribution in [3.05, 3.63) is 146 Å².